The van der Waals surface area contributed by atoms with Gasteiger partial charge in [-0.25, -0.2) is 0 Å². The summed E-state index contributed by atoms with van der Waals surface area (Å²) in [6.45, 7) is 0. The number of hydrogen-bond acceptors (Lipinski definition) is 3. The lowest BCUT2D eigenvalue weighted by Gasteiger charge is -2.44. The van der Waals surface area contributed by atoms with E-state index in [1.807, 2.05) is 0 Å². The SMILES string of the molecule is OC(c1ccccn1)C1(c2cc(C(F)(F)F)ccn2)CCC1. The molecule has 0 amide bonds. The topological polar surface area (TPSA) is 46.0 Å². The summed E-state index contributed by atoms with van der Waals surface area (Å²) in [5, 5.41) is 10.7. The van der Waals surface area contributed by atoms with Gasteiger partial charge < -0.3 is 5.11 Å². The molecule has 1 unspecified atom stereocenters. The Morgan fingerprint density at radius 3 is 2.41 bits per heavy atom. The molecule has 0 radical (unpaired) electrons. The molecule has 2 aromatic rings. The van der Waals surface area contributed by atoms with Crippen molar-refractivity contribution in [1.82, 2.24) is 9.97 Å². The van der Waals surface area contributed by atoms with Crippen LogP contribution in [0.1, 0.15) is 42.3 Å². The zero-order valence-electron chi connectivity index (χ0n) is 11.7. The fourth-order valence-electron chi connectivity index (χ4n) is 2.93. The molecule has 2 aromatic heterocycles. The lowest BCUT2D eigenvalue weighted by atomic mass is 9.62. The van der Waals surface area contributed by atoms with E-state index in [1.54, 1.807) is 24.4 Å². The summed E-state index contributed by atoms with van der Waals surface area (Å²) in [6.07, 6.45) is -0.620. The van der Waals surface area contributed by atoms with Gasteiger partial charge in [0.05, 0.1) is 17.0 Å². The first kappa shape index (κ1) is 15.0. The number of aromatic nitrogens is 2. The minimum atomic E-state index is -4.42. The quantitative estimate of drug-likeness (QED) is 0.941. The first-order chi connectivity index (χ1) is 10.4. The maximum Gasteiger partial charge on any atom is 0.416 e. The van der Waals surface area contributed by atoms with Gasteiger partial charge in [-0.05, 0) is 37.1 Å². The highest BCUT2D eigenvalue weighted by molar-refractivity contribution is 5.31. The second kappa shape index (κ2) is 5.35. The molecule has 1 aliphatic carbocycles. The van der Waals surface area contributed by atoms with Gasteiger partial charge in [0.2, 0.25) is 0 Å². The zero-order chi connectivity index (χ0) is 15.8. The predicted octanol–water partition coefficient (Wildman–Crippen LogP) is 3.65. The summed E-state index contributed by atoms with van der Waals surface area (Å²) in [7, 11) is 0. The summed E-state index contributed by atoms with van der Waals surface area (Å²) in [4.78, 5) is 8.23. The van der Waals surface area contributed by atoms with Crippen LogP contribution in [0.3, 0.4) is 0 Å². The fraction of sp³-hybridized carbons (Fsp3) is 0.375. The highest BCUT2D eigenvalue weighted by atomic mass is 19.4. The van der Waals surface area contributed by atoms with Crippen LogP contribution in [0.15, 0.2) is 42.7 Å². The summed E-state index contributed by atoms with van der Waals surface area (Å²) < 4.78 is 38.7. The molecule has 1 fully saturated rings. The highest BCUT2D eigenvalue weighted by Gasteiger charge is 2.48. The molecule has 1 saturated carbocycles. The van der Waals surface area contributed by atoms with Crippen molar-refractivity contribution in [3.8, 4) is 0 Å². The summed E-state index contributed by atoms with van der Waals surface area (Å²) in [5.74, 6) is 0. The second-order valence-corrected chi connectivity index (χ2v) is 5.59. The Bertz CT molecular complexity index is 654. The van der Waals surface area contributed by atoms with Crippen LogP contribution in [0, 0.1) is 0 Å². The van der Waals surface area contributed by atoms with Crippen LogP contribution in [-0.2, 0) is 11.6 Å². The Kier molecular flexibility index (Phi) is 3.64. The zero-order valence-corrected chi connectivity index (χ0v) is 11.7. The lowest BCUT2D eigenvalue weighted by molar-refractivity contribution is -0.137. The molecule has 3 nitrogen and oxygen atoms in total. The monoisotopic (exact) mass is 308 g/mol. The Morgan fingerprint density at radius 2 is 1.86 bits per heavy atom. The van der Waals surface area contributed by atoms with Crippen LogP contribution >= 0.6 is 0 Å². The van der Waals surface area contributed by atoms with Crippen molar-refractivity contribution in [3.05, 3.63) is 59.7 Å². The summed E-state index contributed by atoms with van der Waals surface area (Å²) >= 11 is 0. The van der Waals surface area contributed by atoms with Gasteiger partial charge >= 0.3 is 6.18 Å². The molecule has 0 saturated heterocycles. The van der Waals surface area contributed by atoms with Gasteiger partial charge in [-0.2, -0.15) is 13.2 Å². The molecule has 0 aliphatic heterocycles. The maximum absolute atomic E-state index is 12.9. The third-order valence-electron chi connectivity index (χ3n) is 4.33. The van der Waals surface area contributed by atoms with E-state index in [9.17, 15) is 18.3 Å². The van der Waals surface area contributed by atoms with Gasteiger partial charge in [-0.15, -0.1) is 0 Å². The average molecular weight is 308 g/mol. The van der Waals surface area contributed by atoms with E-state index in [0.717, 1.165) is 24.8 Å². The number of rotatable bonds is 3. The Balaban J connectivity index is 2.00. The Labute approximate surface area is 125 Å². The number of nitrogens with zero attached hydrogens (tertiary/aromatic N) is 2. The third kappa shape index (κ3) is 2.47. The van der Waals surface area contributed by atoms with E-state index in [2.05, 4.69) is 9.97 Å². The van der Waals surface area contributed by atoms with E-state index < -0.39 is 23.3 Å². The number of pyridine rings is 2. The normalized spacial score (nSPS) is 18.5. The predicted molar refractivity (Wildman–Crippen MR) is 74.0 cm³/mol. The number of aliphatic hydroxyl groups excluding tert-OH is 1. The van der Waals surface area contributed by atoms with Crippen molar-refractivity contribution in [2.75, 3.05) is 0 Å². The number of alkyl halides is 3. The van der Waals surface area contributed by atoms with Crippen LogP contribution in [0.25, 0.3) is 0 Å². The molecule has 0 aromatic carbocycles. The molecule has 6 heteroatoms. The van der Waals surface area contributed by atoms with Crippen molar-refractivity contribution < 1.29 is 18.3 Å². The molecule has 116 valence electrons. The van der Waals surface area contributed by atoms with Crippen molar-refractivity contribution >= 4 is 0 Å². The van der Waals surface area contributed by atoms with E-state index in [1.165, 1.54) is 0 Å². The number of aliphatic hydroxyl groups is 1. The fourth-order valence-corrected chi connectivity index (χ4v) is 2.93. The molecule has 1 aliphatic rings. The lowest BCUT2D eigenvalue weighted by Crippen LogP contribution is -2.41. The van der Waals surface area contributed by atoms with E-state index in [0.29, 0.717) is 18.5 Å². The molecule has 1 N–H and O–H groups in total. The average Bonchev–Trinajstić information content (AvgIpc) is 2.46. The van der Waals surface area contributed by atoms with Crippen molar-refractivity contribution in [2.24, 2.45) is 0 Å². The number of halogens is 3. The minimum Gasteiger partial charge on any atom is -0.386 e. The second-order valence-electron chi connectivity index (χ2n) is 5.59. The van der Waals surface area contributed by atoms with Crippen molar-refractivity contribution in [2.45, 2.75) is 37.0 Å². The molecule has 3 rings (SSSR count). The van der Waals surface area contributed by atoms with Gasteiger partial charge in [0.15, 0.2) is 0 Å². The Morgan fingerprint density at radius 1 is 1.09 bits per heavy atom. The van der Waals surface area contributed by atoms with Crippen LogP contribution in [0.4, 0.5) is 13.2 Å². The van der Waals surface area contributed by atoms with E-state index in [4.69, 9.17) is 0 Å². The molecule has 22 heavy (non-hydrogen) atoms. The van der Waals surface area contributed by atoms with Crippen molar-refractivity contribution in [3.63, 3.8) is 0 Å². The summed E-state index contributed by atoms with van der Waals surface area (Å²) in [5.41, 5.74) is -0.777. The largest absolute Gasteiger partial charge is 0.416 e. The molecular formula is C16H15F3N2O. The molecule has 2 heterocycles. The van der Waals surface area contributed by atoms with Crippen LogP contribution in [-0.4, -0.2) is 15.1 Å². The van der Waals surface area contributed by atoms with Crippen molar-refractivity contribution in [1.29, 1.82) is 0 Å². The summed E-state index contributed by atoms with van der Waals surface area (Å²) in [6, 6.07) is 7.15. The van der Waals surface area contributed by atoms with E-state index in [-0.39, 0.29) is 5.69 Å². The van der Waals surface area contributed by atoms with Gasteiger partial charge in [-0.1, -0.05) is 12.5 Å². The first-order valence-corrected chi connectivity index (χ1v) is 7.06. The number of hydrogen-bond donors (Lipinski definition) is 1. The third-order valence-corrected chi connectivity index (χ3v) is 4.33. The van der Waals surface area contributed by atoms with Gasteiger partial charge in [-0.3, -0.25) is 9.97 Å². The smallest absolute Gasteiger partial charge is 0.386 e. The van der Waals surface area contributed by atoms with Crippen LogP contribution in [0.5, 0.6) is 0 Å². The van der Waals surface area contributed by atoms with Crippen LogP contribution < -0.4 is 0 Å². The van der Waals surface area contributed by atoms with Crippen LogP contribution in [0.2, 0.25) is 0 Å². The first-order valence-electron chi connectivity index (χ1n) is 7.06. The van der Waals surface area contributed by atoms with Gasteiger partial charge in [0.1, 0.15) is 6.10 Å². The standard InChI is InChI=1S/C16H15F3N2O/c17-16(18,19)11-5-9-21-13(10-11)15(6-3-7-15)14(22)12-4-1-2-8-20-12/h1-2,4-5,8-10,14,22H,3,6-7H2. The van der Waals surface area contributed by atoms with Gasteiger partial charge in [0, 0.05) is 17.8 Å². The molecular weight excluding hydrogens is 293 g/mol. The highest BCUT2D eigenvalue weighted by Crippen LogP contribution is 2.51. The van der Waals surface area contributed by atoms with Gasteiger partial charge in [0.25, 0.3) is 0 Å². The minimum absolute atomic E-state index is 0.284. The maximum atomic E-state index is 12.9. The Hall–Kier alpha value is -1.95. The van der Waals surface area contributed by atoms with E-state index >= 15 is 0 Å². The molecule has 0 spiro atoms. The molecule has 0 bridgehead atoms. The molecule has 1 atom stereocenters.